The first-order valence-corrected chi connectivity index (χ1v) is 11.5. The number of ketones is 1. The van der Waals surface area contributed by atoms with E-state index in [1.165, 1.54) is 11.8 Å². The molecule has 168 valence electrons. The normalized spacial score (nSPS) is 10.9. The van der Waals surface area contributed by atoms with E-state index in [0.717, 1.165) is 34.0 Å². The van der Waals surface area contributed by atoms with Crippen LogP contribution in [-0.4, -0.2) is 43.0 Å². The molecule has 1 aromatic carbocycles. The molecule has 0 fully saturated rings. The molecule has 4 rings (SSSR count). The Kier molecular flexibility index (Phi) is 6.74. The van der Waals surface area contributed by atoms with E-state index >= 15 is 0 Å². The van der Waals surface area contributed by atoms with Crippen LogP contribution in [0.2, 0.25) is 0 Å². The third-order valence-corrected chi connectivity index (χ3v) is 6.35. The van der Waals surface area contributed by atoms with Crippen LogP contribution in [0.4, 0.5) is 0 Å². The molecule has 0 aliphatic carbocycles. The second-order valence-electron chi connectivity index (χ2n) is 7.47. The summed E-state index contributed by atoms with van der Waals surface area (Å²) >= 11 is 1.37. The summed E-state index contributed by atoms with van der Waals surface area (Å²) in [7, 11) is 1.63. The largest absolute Gasteiger partial charge is 0.497 e. The Morgan fingerprint density at radius 3 is 2.52 bits per heavy atom. The maximum Gasteiger partial charge on any atom is 0.196 e. The number of pyridine rings is 1. The topological polar surface area (TPSA) is 74.8 Å². The first kappa shape index (κ1) is 22.5. The molecular weight excluding hydrogens is 434 g/mol. The third-order valence-electron chi connectivity index (χ3n) is 5.42. The number of methoxy groups -OCH3 is 1. The SMILES string of the molecule is C=CCn1c(C)cc(C(=O)CSc2nnc(-c3ccncc3)n2-c2ccc(OC)cc2)c1C. The van der Waals surface area contributed by atoms with E-state index in [9.17, 15) is 4.79 Å². The Balaban J connectivity index is 1.65. The van der Waals surface area contributed by atoms with E-state index < -0.39 is 0 Å². The average molecular weight is 460 g/mol. The monoisotopic (exact) mass is 459 g/mol. The van der Waals surface area contributed by atoms with Crippen LogP contribution in [-0.2, 0) is 6.54 Å². The lowest BCUT2D eigenvalue weighted by Gasteiger charge is -2.11. The molecule has 0 saturated carbocycles. The second-order valence-corrected chi connectivity index (χ2v) is 8.41. The van der Waals surface area contributed by atoms with Crippen molar-refractivity contribution < 1.29 is 9.53 Å². The Bertz CT molecular complexity index is 1280. The van der Waals surface area contributed by atoms with Crippen molar-refractivity contribution in [2.75, 3.05) is 12.9 Å². The number of aryl methyl sites for hydroxylation is 1. The molecule has 0 aliphatic heterocycles. The number of hydrogen-bond acceptors (Lipinski definition) is 6. The first-order chi connectivity index (χ1) is 16.0. The quantitative estimate of drug-likeness (QED) is 0.201. The van der Waals surface area contributed by atoms with Crippen LogP contribution >= 0.6 is 11.8 Å². The lowest BCUT2D eigenvalue weighted by molar-refractivity contribution is 0.102. The van der Waals surface area contributed by atoms with Crippen LogP contribution in [0.3, 0.4) is 0 Å². The molecule has 0 spiro atoms. The molecule has 8 heteroatoms. The molecule has 0 aliphatic rings. The fraction of sp³-hybridized carbons (Fsp3) is 0.200. The second kappa shape index (κ2) is 9.87. The highest BCUT2D eigenvalue weighted by atomic mass is 32.2. The summed E-state index contributed by atoms with van der Waals surface area (Å²) in [6.07, 6.45) is 5.27. The van der Waals surface area contributed by atoms with Gasteiger partial charge < -0.3 is 9.30 Å². The molecular formula is C25H25N5O2S. The van der Waals surface area contributed by atoms with Crippen LogP contribution in [0.25, 0.3) is 17.1 Å². The zero-order valence-electron chi connectivity index (χ0n) is 18.9. The van der Waals surface area contributed by atoms with Gasteiger partial charge in [-0.15, -0.1) is 16.8 Å². The van der Waals surface area contributed by atoms with Gasteiger partial charge in [-0.25, -0.2) is 0 Å². The van der Waals surface area contributed by atoms with Gasteiger partial charge in [-0.2, -0.15) is 0 Å². The molecule has 7 nitrogen and oxygen atoms in total. The van der Waals surface area contributed by atoms with Crippen molar-refractivity contribution in [2.24, 2.45) is 0 Å². The van der Waals surface area contributed by atoms with E-state index in [0.29, 0.717) is 17.5 Å². The zero-order valence-corrected chi connectivity index (χ0v) is 19.7. The van der Waals surface area contributed by atoms with Crippen molar-refractivity contribution in [1.29, 1.82) is 0 Å². The minimum absolute atomic E-state index is 0.0538. The lowest BCUT2D eigenvalue weighted by atomic mass is 10.2. The van der Waals surface area contributed by atoms with Crippen molar-refractivity contribution in [3.8, 4) is 22.8 Å². The maximum absolute atomic E-state index is 13.1. The summed E-state index contributed by atoms with van der Waals surface area (Å²) in [6, 6.07) is 13.4. The fourth-order valence-electron chi connectivity index (χ4n) is 3.72. The molecule has 0 bridgehead atoms. The Labute approximate surface area is 197 Å². The summed E-state index contributed by atoms with van der Waals surface area (Å²) in [4.78, 5) is 17.2. The van der Waals surface area contributed by atoms with Gasteiger partial charge in [-0.1, -0.05) is 17.8 Å². The van der Waals surface area contributed by atoms with Gasteiger partial charge in [-0.05, 0) is 56.3 Å². The van der Waals surface area contributed by atoms with Crippen molar-refractivity contribution in [3.05, 3.63) is 84.5 Å². The van der Waals surface area contributed by atoms with Crippen LogP contribution in [0.5, 0.6) is 5.75 Å². The Hall–Kier alpha value is -3.65. The van der Waals surface area contributed by atoms with Crippen LogP contribution < -0.4 is 4.74 Å². The van der Waals surface area contributed by atoms with E-state index in [1.54, 1.807) is 19.5 Å². The number of carbonyl (C=O) groups excluding carboxylic acids is 1. The van der Waals surface area contributed by atoms with Crippen molar-refractivity contribution in [3.63, 3.8) is 0 Å². The molecule has 0 unspecified atom stereocenters. The smallest absolute Gasteiger partial charge is 0.196 e. The molecule has 0 saturated heterocycles. The van der Waals surface area contributed by atoms with Gasteiger partial charge in [0.2, 0.25) is 0 Å². The third kappa shape index (κ3) is 4.61. The number of ether oxygens (including phenoxy) is 1. The average Bonchev–Trinajstić information content (AvgIpc) is 3.40. The van der Waals surface area contributed by atoms with Gasteiger partial charge in [0.05, 0.1) is 12.9 Å². The van der Waals surface area contributed by atoms with Gasteiger partial charge in [0.25, 0.3) is 0 Å². The van der Waals surface area contributed by atoms with Crippen LogP contribution in [0.1, 0.15) is 21.7 Å². The van der Waals surface area contributed by atoms with Gasteiger partial charge >= 0.3 is 0 Å². The molecule has 0 radical (unpaired) electrons. The number of carbonyl (C=O) groups is 1. The van der Waals surface area contributed by atoms with Crippen molar-refractivity contribution >= 4 is 17.5 Å². The summed E-state index contributed by atoms with van der Waals surface area (Å²) in [6.45, 7) is 8.45. The predicted octanol–water partition coefficient (Wildman–Crippen LogP) is 4.92. The maximum atomic E-state index is 13.1. The number of nitrogens with zero attached hydrogens (tertiary/aromatic N) is 5. The minimum Gasteiger partial charge on any atom is -0.497 e. The molecule has 0 atom stereocenters. The number of aromatic nitrogens is 5. The number of allylic oxidation sites excluding steroid dienone is 1. The van der Waals surface area contributed by atoms with E-state index in [1.807, 2.05) is 67.0 Å². The fourth-order valence-corrected chi connectivity index (χ4v) is 4.55. The minimum atomic E-state index is 0.0538. The number of rotatable bonds is 9. The van der Waals surface area contributed by atoms with E-state index in [2.05, 4.69) is 26.3 Å². The summed E-state index contributed by atoms with van der Waals surface area (Å²) < 4.78 is 9.33. The van der Waals surface area contributed by atoms with Gasteiger partial charge in [0.1, 0.15) is 5.75 Å². The summed E-state index contributed by atoms with van der Waals surface area (Å²) in [5, 5.41) is 9.47. The zero-order chi connectivity index (χ0) is 23.4. The molecule has 4 aromatic rings. The van der Waals surface area contributed by atoms with E-state index in [4.69, 9.17) is 4.74 Å². The molecule has 0 amide bonds. The Morgan fingerprint density at radius 2 is 1.85 bits per heavy atom. The van der Waals surface area contributed by atoms with Gasteiger partial charge in [-0.3, -0.25) is 14.3 Å². The highest BCUT2D eigenvalue weighted by Gasteiger charge is 2.20. The van der Waals surface area contributed by atoms with Crippen molar-refractivity contribution in [2.45, 2.75) is 25.5 Å². The molecule has 0 N–H and O–H groups in total. The van der Waals surface area contributed by atoms with Crippen LogP contribution in [0.15, 0.2) is 72.7 Å². The molecule has 3 aromatic heterocycles. The number of thioether (sulfide) groups is 1. The van der Waals surface area contributed by atoms with Crippen LogP contribution in [0, 0.1) is 13.8 Å². The summed E-state index contributed by atoms with van der Waals surface area (Å²) in [5.74, 6) is 1.75. The molecule has 3 heterocycles. The van der Waals surface area contributed by atoms with Crippen molar-refractivity contribution in [1.82, 2.24) is 24.3 Å². The Morgan fingerprint density at radius 1 is 1.12 bits per heavy atom. The number of benzene rings is 1. The van der Waals surface area contributed by atoms with Gasteiger partial charge in [0, 0.05) is 47.1 Å². The summed E-state index contributed by atoms with van der Waals surface area (Å²) in [5.41, 5.74) is 4.49. The number of Topliss-reactive ketones (excluding diaryl/α,β-unsaturated/α-hetero) is 1. The number of hydrogen-bond donors (Lipinski definition) is 0. The first-order valence-electron chi connectivity index (χ1n) is 10.5. The highest BCUT2D eigenvalue weighted by molar-refractivity contribution is 7.99. The van der Waals surface area contributed by atoms with Gasteiger partial charge in [0.15, 0.2) is 16.8 Å². The molecule has 33 heavy (non-hydrogen) atoms. The predicted molar refractivity (Wildman–Crippen MR) is 130 cm³/mol. The standard InChI is InChI=1S/C25H25N5O2S/c1-5-14-29-17(2)15-22(18(29)3)23(31)16-33-25-28-27-24(19-10-12-26-13-11-19)30(25)20-6-8-21(32-4)9-7-20/h5-13,15H,1,14,16H2,2-4H3. The highest BCUT2D eigenvalue weighted by Crippen LogP contribution is 2.29. The lowest BCUT2D eigenvalue weighted by Crippen LogP contribution is -2.07. The van der Waals surface area contributed by atoms with E-state index in [-0.39, 0.29) is 11.5 Å².